The summed E-state index contributed by atoms with van der Waals surface area (Å²) in [5.74, 6) is 1.39. The molecule has 1 amide bonds. The molecule has 2 aliphatic rings. The Labute approximate surface area is 139 Å². The Hall–Kier alpha value is -1.27. The van der Waals surface area contributed by atoms with Gasteiger partial charge in [-0.15, -0.1) is 0 Å². The number of hydrogen-bond acceptors (Lipinski definition) is 4. The molecule has 22 heavy (non-hydrogen) atoms. The second-order valence-electron chi connectivity index (χ2n) is 5.84. The lowest BCUT2D eigenvalue weighted by molar-refractivity contribution is -0.118. The average molecular weight is 369 g/mol. The van der Waals surface area contributed by atoms with E-state index < -0.39 is 0 Å². The van der Waals surface area contributed by atoms with Gasteiger partial charge < -0.3 is 14.8 Å². The van der Waals surface area contributed by atoms with Crippen LogP contribution >= 0.6 is 15.9 Å². The van der Waals surface area contributed by atoms with Gasteiger partial charge in [-0.3, -0.25) is 9.69 Å². The first kappa shape index (κ1) is 15.6. The van der Waals surface area contributed by atoms with Gasteiger partial charge in [-0.1, -0.05) is 6.42 Å². The van der Waals surface area contributed by atoms with Crippen LogP contribution in [0.4, 0.5) is 5.69 Å². The molecule has 0 spiro atoms. The number of amides is 1. The van der Waals surface area contributed by atoms with E-state index in [2.05, 4.69) is 33.1 Å². The van der Waals surface area contributed by atoms with Crippen molar-refractivity contribution in [3.63, 3.8) is 0 Å². The predicted molar refractivity (Wildman–Crippen MR) is 88.6 cm³/mol. The van der Waals surface area contributed by atoms with Crippen molar-refractivity contribution in [1.82, 2.24) is 4.90 Å². The van der Waals surface area contributed by atoms with Crippen LogP contribution in [-0.4, -0.2) is 43.2 Å². The Morgan fingerprint density at radius 2 is 2.05 bits per heavy atom. The highest BCUT2D eigenvalue weighted by atomic mass is 79.9. The number of halogens is 1. The lowest BCUT2D eigenvalue weighted by Crippen LogP contribution is -2.42. The number of anilines is 1. The molecular formula is C16H21BrN2O3. The molecule has 1 fully saturated rings. The number of likely N-dealkylation sites (tertiary alicyclic amines) is 1. The van der Waals surface area contributed by atoms with Crippen molar-refractivity contribution < 1.29 is 14.3 Å². The molecule has 5 nitrogen and oxygen atoms in total. The van der Waals surface area contributed by atoms with Gasteiger partial charge in [-0.05, 0) is 42.2 Å². The summed E-state index contributed by atoms with van der Waals surface area (Å²) < 4.78 is 11.9. The monoisotopic (exact) mass is 368 g/mol. The number of nitrogens with one attached hydrogen (secondary N) is 1. The number of rotatable bonds is 3. The van der Waals surface area contributed by atoms with Crippen LogP contribution < -0.4 is 14.8 Å². The molecule has 2 heterocycles. The molecule has 0 radical (unpaired) electrons. The summed E-state index contributed by atoms with van der Waals surface area (Å²) in [6, 6.07) is 4.13. The van der Waals surface area contributed by atoms with E-state index in [1.165, 1.54) is 19.3 Å². The topological polar surface area (TPSA) is 50.8 Å². The van der Waals surface area contributed by atoms with Crippen LogP contribution in [0.25, 0.3) is 0 Å². The molecule has 1 saturated heterocycles. The van der Waals surface area contributed by atoms with Crippen LogP contribution in [0.2, 0.25) is 0 Å². The molecule has 6 heteroatoms. The third-order valence-electron chi connectivity index (χ3n) is 4.19. The van der Waals surface area contributed by atoms with Crippen LogP contribution in [0.5, 0.6) is 11.5 Å². The first-order valence-electron chi connectivity index (χ1n) is 7.76. The van der Waals surface area contributed by atoms with E-state index in [0.717, 1.165) is 16.7 Å². The van der Waals surface area contributed by atoms with E-state index in [0.29, 0.717) is 37.3 Å². The van der Waals surface area contributed by atoms with Crippen LogP contribution in [0.15, 0.2) is 16.6 Å². The van der Waals surface area contributed by atoms with Gasteiger partial charge in [-0.25, -0.2) is 0 Å². The Balaban J connectivity index is 1.66. The predicted octanol–water partition coefficient (Wildman–Crippen LogP) is 3.03. The van der Waals surface area contributed by atoms with Gasteiger partial charge in [0.2, 0.25) is 5.91 Å². The third-order valence-corrected chi connectivity index (χ3v) is 4.85. The molecule has 1 N–H and O–H groups in total. The summed E-state index contributed by atoms with van der Waals surface area (Å²) in [4.78, 5) is 14.5. The zero-order chi connectivity index (χ0) is 15.5. The molecular weight excluding hydrogens is 348 g/mol. The van der Waals surface area contributed by atoms with E-state index >= 15 is 0 Å². The number of fused-ring (bicyclic) bond motifs is 1. The zero-order valence-electron chi connectivity index (χ0n) is 12.7. The lowest BCUT2D eigenvalue weighted by Gasteiger charge is -2.32. The number of benzene rings is 1. The molecule has 2 aliphatic heterocycles. The SMILES string of the molecule is C[C@H]1CCCCN1CC(=O)Nc1cc2c(cc1Br)OCCO2. The van der Waals surface area contributed by atoms with Crippen LogP contribution in [0, 0.1) is 0 Å². The van der Waals surface area contributed by atoms with Crippen molar-refractivity contribution in [2.45, 2.75) is 32.2 Å². The Bertz CT molecular complexity index is 565. The Morgan fingerprint density at radius 3 is 2.77 bits per heavy atom. The van der Waals surface area contributed by atoms with Crippen molar-refractivity contribution >= 4 is 27.5 Å². The molecule has 1 atom stereocenters. The third kappa shape index (κ3) is 3.55. The van der Waals surface area contributed by atoms with Gasteiger partial charge in [0, 0.05) is 22.6 Å². The zero-order valence-corrected chi connectivity index (χ0v) is 14.3. The molecule has 1 aromatic rings. The summed E-state index contributed by atoms with van der Waals surface area (Å²) in [6.07, 6.45) is 3.60. The average Bonchev–Trinajstić information content (AvgIpc) is 2.50. The number of carbonyl (C=O) groups is 1. The van der Waals surface area contributed by atoms with Gasteiger partial charge in [0.15, 0.2) is 11.5 Å². The van der Waals surface area contributed by atoms with E-state index in [9.17, 15) is 4.79 Å². The van der Waals surface area contributed by atoms with Gasteiger partial charge in [-0.2, -0.15) is 0 Å². The summed E-state index contributed by atoms with van der Waals surface area (Å²) in [6.45, 7) is 4.71. The van der Waals surface area contributed by atoms with Crippen molar-refractivity contribution in [3.8, 4) is 11.5 Å². The van der Waals surface area contributed by atoms with Gasteiger partial charge in [0.25, 0.3) is 0 Å². The minimum absolute atomic E-state index is 0.00567. The highest BCUT2D eigenvalue weighted by Gasteiger charge is 2.21. The van der Waals surface area contributed by atoms with Crippen LogP contribution in [0.3, 0.4) is 0 Å². The maximum Gasteiger partial charge on any atom is 0.238 e. The largest absolute Gasteiger partial charge is 0.486 e. The second-order valence-corrected chi connectivity index (χ2v) is 6.69. The van der Waals surface area contributed by atoms with E-state index in [4.69, 9.17) is 9.47 Å². The summed E-state index contributed by atoms with van der Waals surface area (Å²) in [7, 11) is 0. The number of ether oxygens (including phenoxy) is 2. The first-order chi connectivity index (χ1) is 10.6. The first-order valence-corrected chi connectivity index (χ1v) is 8.56. The van der Waals surface area contributed by atoms with Gasteiger partial charge in [0.05, 0.1) is 12.2 Å². The maximum absolute atomic E-state index is 12.3. The summed E-state index contributed by atoms with van der Waals surface area (Å²) in [5.41, 5.74) is 0.721. The summed E-state index contributed by atoms with van der Waals surface area (Å²) in [5, 5.41) is 2.97. The standard InChI is InChI=1S/C16H21BrN2O3/c1-11-4-2-3-5-19(11)10-16(20)18-13-9-15-14(8-12(13)17)21-6-7-22-15/h8-9,11H,2-7,10H2,1H3,(H,18,20)/t11-/m0/s1. The Kier molecular flexibility index (Phi) is 4.88. The van der Waals surface area contributed by atoms with Crippen LogP contribution in [-0.2, 0) is 4.79 Å². The van der Waals surface area contributed by atoms with Crippen molar-refractivity contribution in [1.29, 1.82) is 0 Å². The fraction of sp³-hybridized carbons (Fsp3) is 0.562. The highest BCUT2D eigenvalue weighted by Crippen LogP contribution is 2.38. The van der Waals surface area contributed by atoms with Crippen LogP contribution in [0.1, 0.15) is 26.2 Å². The Morgan fingerprint density at radius 1 is 1.32 bits per heavy atom. The number of hydrogen-bond donors (Lipinski definition) is 1. The molecule has 120 valence electrons. The lowest BCUT2D eigenvalue weighted by atomic mass is 10.0. The van der Waals surface area contributed by atoms with Crippen molar-refractivity contribution in [2.24, 2.45) is 0 Å². The second kappa shape index (κ2) is 6.87. The fourth-order valence-corrected chi connectivity index (χ4v) is 3.35. The number of piperidine rings is 1. The molecule has 0 aromatic heterocycles. The van der Waals surface area contributed by atoms with Crippen molar-refractivity contribution in [2.75, 3.05) is 31.6 Å². The summed E-state index contributed by atoms with van der Waals surface area (Å²) >= 11 is 3.48. The van der Waals surface area contributed by atoms with E-state index in [1.54, 1.807) is 0 Å². The minimum Gasteiger partial charge on any atom is -0.486 e. The normalized spacial score (nSPS) is 21.5. The van der Waals surface area contributed by atoms with E-state index in [1.807, 2.05) is 12.1 Å². The smallest absolute Gasteiger partial charge is 0.238 e. The minimum atomic E-state index is 0.00567. The van der Waals surface area contributed by atoms with Crippen molar-refractivity contribution in [3.05, 3.63) is 16.6 Å². The molecule has 1 aromatic carbocycles. The molecule has 0 bridgehead atoms. The van der Waals surface area contributed by atoms with Gasteiger partial charge in [0.1, 0.15) is 13.2 Å². The highest BCUT2D eigenvalue weighted by molar-refractivity contribution is 9.10. The molecule has 3 rings (SSSR count). The molecule has 0 aliphatic carbocycles. The van der Waals surface area contributed by atoms with Gasteiger partial charge >= 0.3 is 0 Å². The van der Waals surface area contributed by atoms with E-state index in [-0.39, 0.29) is 5.91 Å². The molecule has 0 unspecified atom stereocenters. The molecule has 0 saturated carbocycles. The maximum atomic E-state index is 12.3. The number of nitrogens with zero attached hydrogens (tertiary/aromatic N) is 1. The fourth-order valence-electron chi connectivity index (χ4n) is 2.93. The quantitative estimate of drug-likeness (QED) is 0.890. The number of carbonyl (C=O) groups excluding carboxylic acids is 1.